The summed E-state index contributed by atoms with van der Waals surface area (Å²) in [5.74, 6) is 3.99. The fourth-order valence-corrected chi connectivity index (χ4v) is 7.48. The van der Waals surface area contributed by atoms with Gasteiger partial charge in [-0.05, 0) is 36.0 Å². The van der Waals surface area contributed by atoms with Gasteiger partial charge in [0.15, 0.2) is 0 Å². The minimum absolute atomic E-state index is 0.0932. The summed E-state index contributed by atoms with van der Waals surface area (Å²) in [4.78, 5) is 11.8. The molecule has 0 aromatic carbocycles. The zero-order chi connectivity index (χ0) is 9.40. The minimum Gasteiger partial charge on any atom is -0.299 e. The van der Waals surface area contributed by atoms with Gasteiger partial charge in [0.2, 0.25) is 0 Å². The lowest BCUT2D eigenvalue weighted by Gasteiger charge is -2.36. The highest BCUT2D eigenvalue weighted by Gasteiger charge is 2.89. The van der Waals surface area contributed by atoms with Crippen LogP contribution in [-0.4, -0.2) is 16.0 Å². The molecular formula is C11H10Cl2O. The monoisotopic (exact) mass is 228 g/mol. The Morgan fingerprint density at radius 3 is 2.79 bits per heavy atom. The Hall–Kier alpha value is 0.250. The Balaban J connectivity index is 1.92. The molecule has 6 rings (SSSR count). The van der Waals surface area contributed by atoms with Crippen molar-refractivity contribution in [1.82, 2.24) is 0 Å². The minimum atomic E-state index is -0.309. The summed E-state index contributed by atoms with van der Waals surface area (Å²) in [7, 11) is 0. The lowest BCUT2D eigenvalue weighted by Crippen LogP contribution is -2.41. The van der Waals surface area contributed by atoms with Crippen LogP contribution in [0.4, 0.5) is 0 Å². The van der Waals surface area contributed by atoms with Crippen molar-refractivity contribution in [3.63, 3.8) is 0 Å². The second kappa shape index (κ2) is 1.69. The van der Waals surface area contributed by atoms with E-state index < -0.39 is 0 Å². The van der Waals surface area contributed by atoms with E-state index in [1.165, 1.54) is 6.42 Å². The second-order valence-electron chi connectivity index (χ2n) is 5.88. The average molecular weight is 229 g/mol. The van der Waals surface area contributed by atoms with Crippen molar-refractivity contribution in [3.05, 3.63) is 0 Å². The molecule has 6 aliphatic rings. The smallest absolute Gasteiger partial charge is 0.141 e. The van der Waals surface area contributed by atoms with Crippen LogP contribution >= 0.6 is 23.2 Å². The van der Waals surface area contributed by atoms with Crippen molar-refractivity contribution < 1.29 is 4.79 Å². The van der Waals surface area contributed by atoms with Gasteiger partial charge in [0.05, 0.1) is 10.3 Å². The molecule has 74 valence electrons. The van der Waals surface area contributed by atoms with E-state index >= 15 is 0 Å². The van der Waals surface area contributed by atoms with Crippen LogP contribution in [-0.2, 0) is 4.79 Å². The number of ketones is 1. The van der Waals surface area contributed by atoms with Crippen molar-refractivity contribution >= 4 is 29.0 Å². The highest BCUT2D eigenvalue weighted by atomic mass is 35.5. The number of hydrogen-bond acceptors (Lipinski definition) is 1. The van der Waals surface area contributed by atoms with Crippen LogP contribution in [0.3, 0.4) is 0 Å². The average Bonchev–Trinajstić information content (AvgIpc) is 2.81. The summed E-state index contributed by atoms with van der Waals surface area (Å²) in [5.41, 5.74) is 0. The summed E-state index contributed by atoms with van der Waals surface area (Å²) in [6.45, 7) is 0. The number of Topliss-reactive ketones (excluding diaryl/α,β-unsaturated/α-hetero) is 1. The summed E-state index contributed by atoms with van der Waals surface area (Å²) in [5, 5.41) is 0.0932. The van der Waals surface area contributed by atoms with E-state index in [9.17, 15) is 4.79 Å². The maximum Gasteiger partial charge on any atom is 0.141 e. The molecule has 9 atom stereocenters. The molecule has 0 heterocycles. The van der Waals surface area contributed by atoms with Gasteiger partial charge >= 0.3 is 0 Å². The first-order chi connectivity index (χ1) is 6.67. The molecule has 0 radical (unpaired) electrons. The third kappa shape index (κ3) is 0.400. The normalized spacial score (nSPS) is 80.3. The Morgan fingerprint density at radius 2 is 2.07 bits per heavy atom. The van der Waals surface area contributed by atoms with E-state index in [4.69, 9.17) is 23.2 Å². The van der Waals surface area contributed by atoms with Gasteiger partial charge in [-0.1, -0.05) is 0 Å². The Bertz CT molecular complexity index is 393. The van der Waals surface area contributed by atoms with Crippen molar-refractivity contribution in [2.45, 2.75) is 16.7 Å². The van der Waals surface area contributed by atoms with Crippen LogP contribution in [0.25, 0.3) is 0 Å². The number of alkyl halides is 2. The van der Waals surface area contributed by atoms with Gasteiger partial charge in [0, 0.05) is 11.8 Å². The molecule has 0 aromatic rings. The molecule has 0 saturated heterocycles. The molecule has 6 aliphatic carbocycles. The third-order valence-electron chi connectivity index (χ3n) is 6.06. The topological polar surface area (TPSA) is 17.1 Å². The molecule has 14 heavy (non-hydrogen) atoms. The SMILES string of the molecule is O=C1[C@H]2[C@@H]3C[C@@H]4[C@@H]5C(Cl)[C@](Cl)([C@@H]42)[C@H]1[C@@H]35. The molecule has 3 heteroatoms. The molecule has 6 bridgehead atoms. The maximum atomic E-state index is 12.1. The number of carbonyl (C=O) groups excluding carboxylic acids is 1. The summed E-state index contributed by atoms with van der Waals surface area (Å²) >= 11 is 13.2. The van der Waals surface area contributed by atoms with Crippen LogP contribution in [0.2, 0.25) is 0 Å². The number of rotatable bonds is 0. The van der Waals surface area contributed by atoms with Crippen molar-refractivity contribution in [2.75, 3.05) is 0 Å². The first-order valence-electron chi connectivity index (χ1n) is 5.54. The van der Waals surface area contributed by atoms with Crippen LogP contribution < -0.4 is 0 Å². The lowest BCUT2D eigenvalue weighted by atomic mass is 9.71. The van der Waals surface area contributed by atoms with E-state index in [1.807, 2.05) is 0 Å². The highest BCUT2D eigenvalue weighted by molar-refractivity contribution is 6.36. The fourth-order valence-electron chi connectivity index (χ4n) is 6.14. The lowest BCUT2D eigenvalue weighted by molar-refractivity contribution is -0.122. The second-order valence-corrected chi connectivity index (χ2v) is 7.00. The van der Waals surface area contributed by atoms with E-state index in [0.29, 0.717) is 41.3 Å². The van der Waals surface area contributed by atoms with Gasteiger partial charge in [-0.3, -0.25) is 4.79 Å². The summed E-state index contributed by atoms with van der Waals surface area (Å²) in [6, 6.07) is 0. The van der Waals surface area contributed by atoms with Gasteiger partial charge in [-0.25, -0.2) is 0 Å². The predicted octanol–water partition coefficient (Wildman–Crippen LogP) is 1.91. The standard InChI is InChI=1S/C11H10Cl2O/c12-10-5-3-1-2-4(5)8-9(14)6(2)7(3)11(8,10)13/h2-8,10H,1H2/t2-,3-,4+,5+,6+,7+,8+,10?,11+/m1/s1. The Kier molecular flexibility index (Phi) is 0.909. The predicted molar refractivity (Wildman–Crippen MR) is 52.3 cm³/mol. The van der Waals surface area contributed by atoms with Gasteiger partial charge in [-0.15, -0.1) is 23.2 Å². The van der Waals surface area contributed by atoms with Crippen LogP contribution in [0.1, 0.15) is 6.42 Å². The van der Waals surface area contributed by atoms with Gasteiger partial charge in [0.1, 0.15) is 5.78 Å². The van der Waals surface area contributed by atoms with Crippen molar-refractivity contribution in [3.8, 4) is 0 Å². The molecule has 1 unspecified atom stereocenters. The van der Waals surface area contributed by atoms with Gasteiger partial charge in [-0.2, -0.15) is 0 Å². The zero-order valence-corrected chi connectivity index (χ0v) is 9.00. The molecule has 0 amide bonds. The third-order valence-corrected chi connectivity index (χ3v) is 7.54. The Morgan fingerprint density at radius 1 is 1.29 bits per heavy atom. The quantitative estimate of drug-likeness (QED) is 0.580. The van der Waals surface area contributed by atoms with Crippen LogP contribution in [0.15, 0.2) is 0 Å². The zero-order valence-electron chi connectivity index (χ0n) is 7.49. The largest absolute Gasteiger partial charge is 0.299 e. The molecular weight excluding hydrogens is 219 g/mol. The molecule has 0 aliphatic heterocycles. The van der Waals surface area contributed by atoms with E-state index in [2.05, 4.69) is 0 Å². The van der Waals surface area contributed by atoms with E-state index in [1.54, 1.807) is 0 Å². The van der Waals surface area contributed by atoms with E-state index in [0.717, 1.165) is 0 Å². The van der Waals surface area contributed by atoms with E-state index in [-0.39, 0.29) is 16.2 Å². The maximum absolute atomic E-state index is 12.1. The summed E-state index contributed by atoms with van der Waals surface area (Å²) < 4.78 is 0. The first-order valence-corrected chi connectivity index (χ1v) is 6.35. The first kappa shape index (κ1) is 7.51. The molecule has 0 spiro atoms. The highest BCUT2D eigenvalue weighted by Crippen LogP contribution is 2.85. The number of hydrogen-bond donors (Lipinski definition) is 0. The molecule has 0 aromatic heterocycles. The van der Waals surface area contributed by atoms with Crippen molar-refractivity contribution in [1.29, 1.82) is 0 Å². The molecule has 6 saturated carbocycles. The molecule has 6 fully saturated rings. The van der Waals surface area contributed by atoms with Gasteiger partial charge < -0.3 is 0 Å². The van der Waals surface area contributed by atoms with Gasteiger partial charge in [0.25, 0.3) is 0 Å². The molecule has 1 nitrogen and oxygen atoms in total. The van der Waals surface area contributed by atoms with Crippen molar-refractivity contribution in [2.24, 2.45) is 41.4 Å². The summed E-state index contributed by atoms with van der Waals surface area (Å²) in [6.07, 6.45) is 1.25. The van der Waals surface area contributed by atoms with Crippen LogP contribution in [0, 0.1) is 41.4 Å². The molecule has 0 N–H and O–H groups in total. The fraction of sp³-hybridized carbons (Fsp3) is 0.909. The van der Waals surface area contributed by atoms with Crippen LogP contribution in [0.5, 0.6) is 0 Å². The number of halogens is 2. The number of carbonyl (C=O) groups is 1. The Labute approximate surface area is 92.1 Å².